The number of fused-ring (bicyclic) bond motifs is 1. The van der Waals surface area contributed by atoms with Gasteiger partial charge in [0.05, 0.1) is 24.3 Å². The van der Waals surface area contributed by atoms with Gasteiger partial charge in [-0.05, 0) is 36.4 Å². The van der Waals surface area contributed by atoms with Gasteiger partial charge in [-0.1, -0.05) is 12.1 Å². The maximum Gasteiger partial charge on any atom is 0.259 e. The third kappa shape index (κ3) is 2.83. The molecule has 0 unspecified atom stereocenters. The predicted octanol–water partition coefficient (Wildman–Crippen LogP) is 3.37. The first kappa shape index (κ1) is 14.5. The molecule has 23 heavy (non-hydrogen) atoms. The molecule has 0 aliphatic rings. The summed E-state index contributed by atoms with van der Waals surface area (Å²) in [5.41, 5.74) is 2.19. The summed E-state index contributed by atoms with van der Waals surface area (Å²) in [6, 6.07) is 16.0. The molecule has 5 nitrogen and oxygen atoms in total. The zero-order valence-corrected chi connectivity index (χ0v) is 12.4. The number of benzene rings is 2. The Morgan fingerprint density at radius 1 is 1.17 bits per heavy atom. The fraction of sp³-hybridized carbons (Fsp3) is 0.0556. The van der Waals surface area contributed by atoms with Crippen LogP contribution in [0.1, 0.15) is 15.9 Å². The van der Waals surface area contributed by atoms with Crippen LogP contribution in [0.25, 0.3) is 10.9 Å². The van der Waals surface area contributed by atoms with E-state index in [0.29, 0.717) is 28.1 Å². The lowest BCUT2D eigenvalue weighted by atomic mass is 10.1. The number of hydrogen-bond donors (Lipinski definition) is 1. The second kappa shape index (κ2) is 6.16. The van der Waals surface area contributed by atoms with Crippen LogP contribution in [-0.4, -0.2) is 18.0 Å². The number of carbonyl (C=O) groups is 1. The van der Waals surface area contributed by atoms with Crippen LogP contribution >= 0.6 is 0 Å². The second-order valence-electron chi connectivity index (χ2n) is 4.86. The number of anilines is 1. The van der Waals surface area contributed by atoms with Crippen molar-refractivity contribution in [1.82, 2.24) is 4.98 Å². The van der Waals surface area contributed by atoms with Crippen LogP contribution < -0.4 is 10.1 Å². The summed E-state index contributed by atoms with van der Waals surface area (Å²) in [6.45, 7) is 0. The average molecular weight is 303 g/mol. The molecule has 0 aliphatic carbocycles. The van der Waals surface area contributed by atoms with E-state index in [1.165, 1.54) is 7.11 Å². The Morgan fingerprint density at radius 3 is 2.65 bits per heavy atom. The molecule has 1 N–H and O–H groups in total. The quantitative estimate of drug-likeness (QED) is 0.805. The van der Waals surface area contributed by atoms with Gasteiger partial charge in [-0.2, -0.15) is 5.26 Å². The fourth-order valence-electron chi connectivity index (χ4n) is 2.33. The lowest BCUT2D eigenvalue weighted by Crippen LogP contribution is -2.13. The summed E-state index contributed by atoms with van der Waals surface area (Å²) in [5.74, 6) is 0.147. The standard InChI is InChI=1S/C18H13N3O2/c1-23-17-15(9-6-13-3-2-10-20-16(13)17)18(22)21-14-7-4-12(11-19)5-8-14/h2-10H,1H3,(H,21,22). The Labute approximate surface area is 133 Å². The van der Waals surface area contributed by atoms with E-state index < -0.39 is 0 Å². The maximum atomic E-state index is 12.5. The highest BCUT2D eigenvalue weighted by molar-refractivity contribution is 6.09. The van der Waals surface area contributed by atoms with E-state index in [9.17, 15) is 4.79 Å². The third-order valence-corrected chi connectivity index (χ3v) is 3.45. The molecule has 2 aromatic carbocycles. The number of nitrogens with one attached hydrogen (secondary N) is 1. The third-order valence-electron chi connectivity index (χ3n) is 3.45. The molecule has 1 aromatic heterocycles. The van der Waals surface area contributed by atoms with Crippen molar-refractivity contribution in [3.63, 3.8) is 0 Å². The van der Waals surface area contributed by atoms with Gasteiger partial charge in [0.25, 0.3) is 5.91 Å². The van der Waals surface area contributed by atoms with Gasteiger partial charge < -0.3 is 10.1 Å². The summed E-state index contributed by atoms with van der Waals surface area (Å²) < 4.78 is 5.39. The smallest absolute Gasteiger partial charge is 0.259 e. The van der Waals surface area contributed by atoms with E-state index in [-0.39, 0.29) is 5.91 Å². The number of rotatable bonds is 3. The van der Waals surface area contributed by atoms with E-state index in [0.717, 1.165) is 5.39 Å². The Balaban J connectivity index is 1.95. The van der Waals surface area contributed by atoms with Gasteiger partial charge in [0.2, 0.25) is 0 Å². The van der Waals surface area contributed by atoms with E-state index in [1.54, 1.807) is 36.5 Å². The molecule has 0 radical (unpaired) electrons. The van der Waals surface area contributed by atoms with E-state index in [2.05, 4.69) is 10.3 Å². The van der Waals surface area contributed by atoms with Crippen LogP contribution in [0.2, 0.25) is 0 Å². The largest absolute Gasteiger partial charge is 0.494 e. The topological polar surface area (TPSA) is 75.0 Å². The minimum atomic E-state index is -0.292. The summed E-state index contributed by atoms with van der Waals surface area (Å²) in [5, 5.41) is 12.5. The summed E-state index contributed by atoms with van der Waals surface area (Å²) >= 11 is 0. The number of aromatic nitrogens is 1. The predicted molar refractivity (Wildman–Crippen MR) is 87.4 cm³/mol. The molecule has 0 spiro atoms. The van der Waals surface area contributed by atoms with Crippen molar-refractivity contribution in [2.45, 2.75) is 0 Å². The van der Waals surface area contributed by atoms with Crippen molar-refractivity contribution in [2.75, 3.05) is 12.4 Å². The van der Waals surface area contributed by atoms with Gasteiger partial charge in [0.15, 0.2) is 5.75 Å². The van der Waals surface area contributed by atoms with Crippen LogP contribution in [0.15, 0.2) is 54.7 Å². The number of nitriles is 1. The van der Waals surface area contributed by atoms with E-state index >= 15 is 0 Å². The molecule has 3 rings (SSSR count). The second-order valence-corrected chi connectivity index (χ2v) is 4.86. The molecule has 0 bridgehead atoms. The summed E-state index contributed by atoms with van der Waals surface area (Å²) in [4.78, 5) is 16.8. The normalized spacial score (nSPS) is 10.1. The van der Waals surface area contributed by atoms with Crippen molar-refractivity contribution in [1.29, 1.82) is 5.26 Å². The molecule has 0 fully saturated rings. The monoisotopic (exact) mass is 303 g/mol. The number of carbonyl (C=O) groups excluding carboxylic acids is 1. The van der Waals surface area contributed by atoms with Crippen LogP contribution in [0.3, 0.4) is 0 Å². The summed E-state index contributed by atoms with van der Waals surface area (Å²) in [6.07, 6.45) is 1.66. The number of hydrogen-bond acceptors (Lipinski definition) is 4. The van der Waals surface area contributed by atoms with Crippen LogP contribution in [0, 0.1) is 11.3 Å². The van der Waals surface area contributed by atoms with Crippen LogP contribution in [0.4, 0.5) is 5.69 Å². The molecule has 0 saturated carbocycles. The van der Waals surface area contributed by atoms with Crippen molar-refractivity contribution in [3.05, 3.63) is 65.9 Å². The molecule has 3 aromatic rings. The Kier molecular flexibility index (Phi) is 3.89. The summed E-state index contributed by atoms with van der Waals surface area (Å²) in [7, 11) is 1.52. The molecule has 1 heterocycles. The fourth-order valence-corrected chi connectivity index (χ4v) is 2.33. The first-order valence-corrected chi connectivity index (χ1v) is 6.96. The highest BCUT2D eigenvalue weighted by Crippen LogP contribution is 2.28. The van der Waals surface area contributed by atoms with Crippen molar-refractivity contribution in [3.8, 4) is 11.8 Å². The van der Waals surface area contributed by atoms with Crippen molar-refractivity contribution >= 4 is 22.5 Å². The molecule has 1 amide bonds. The molecule has 0 aliphatic heterocycles. The molecular weight excluding hydrogens is 290 g/mol. The first-order chi connectivity index (χ1) is 11.2. The van der Waals surface area contributed by atoms with Crippen LogP contribution in [-0.2, 0) is 0 Å². The highest BCUT2D eigenvalue weighted by Gasteiger charge is 2.16. The van der Waals surface area contributed by atoms with Gasteiger partial charge in [0.1, 0.15) is 5.52 Å². The Bertz CT molecular complexity index is 912. The molecule has 112 valence electrons. The van der Waals surface area contributed by atoms with E-state index in [4.69, 9.17) is 10.00 Å². The maximum absolute atomic E-state index is 12.5. The molecular formula is C18H13N3O2. The number of methoxy groups -OCH3 is 1. The number of amides is 1. The first-order valence-electron chi connectivity index (χ1n) is 6.96. The SMILES string of the molecule is COc1c(C(=O)Nc2ccc(C#N)cc2)ccc2cccnc12. The zero-order chi connectivity index (χ0) is 16.2. The number of ether oxygens (including phenoxy) is 1. The van der Waals surface area contributed by atoms with Gasteiger partial charge in [-0.25, -0.2) is 0 Å². The van der Waals surface area contributed by atoms with Crippen molar-refractivity contribution < 1.29 is 9.53 Å². The Hall–Kier alpha value is -3.39. The lowest BCUT2D eigenvalue weighted by Gasteiger charge is -2.11. The minimum Gasteiger partial charge on any atom is -0.494 e. The number of nitrogens with zero attached hydrogens (tertiary/aromatic N) is 2. The van der Waals surface area contributed by atoms with Gasteiger partial charge in [-0.3, -0.25) is 9.78 Å². The molecule has 0 atom stereocenters. The number of pyridine rings is 1. The Morgan fingerprint density at radius 2 is 1.96 bits per heavy atom. The minimum absolute atomic E-state index is 0.292. The van der Waals surface area contributed by atoms with E-state index in [1.807, 2.05) is 24.3 Å². The van der Waals surface area contributed by atoms with Crippen molar-refractivity contribution in [2.24, 2.45) is 0 Å². The lowest BCUT2D eigenvalue weighted by molar-refractivity contribution is 0.102. The van der Waals surface area contributed by atoms with Gasteiger partial charge >= 0.3 is 0 Å². The van der Waals surface area contributed by atoms with Gasteiger partial charge in [0, 0.05) is 17.3 Å². The zero-order valence-electron chi connectivity index (χ0n) is 12.4. The molecule has 5 heteroatoms. The molecule has 0 saturated heterocycles. The average Bonchev–Trinajstić information content (AvgIpc) is 2.61. The van der Waals surface area contributed by atoms with Crippen LogP contribution in [0.5, 0.6) is 5.75 Å². The highest BCUT2D eigenvalue weighted by atomic mass is 16.5. The van der Waals surface area contributed by atoms with Gasteiger partial charge in [-0.15, -0.1) is 0 Å².